The standard InChI is InChI=1S/C14H18BrNOS/c1-11(17)16-8-6-12(7-9-16)10-18-14-4-2-13(15)3-5-14/h2-5,12H,6-10H2,1H3. The maximum atomic E-state index is 11.2. The number of likely N-dealkylation sites (tertiary alicyclic amines) is 1. The van der Waals surface area contributed by atoms with Crippen LogP contribution in [-0.4, -0.2) is 29.6 Å². The van der Waals surface area contributed by atoms with Crippen molar-refractivity contribution >= 4 is 33.6 Å². The lowest BCUT2D eigenvalue weighted by Crippen LogP contribution is -2.37. The van der Waals surface area contributed by atoms with Gasteiger partial charge in [-0.2, -0.15) is 0 Å². The van der Waals surface area contributed by atoms with Crippen molar-refractivity contribution in [1.29, 1.82) is 0 Å². The summed E-state index contributed by atoms with van der Waals surface area (Å²) in [5.74, 6) is 2.12. The number of nitrogens with zero attached hydrogens (tertiary/aromatic N) is 1. The summed E-state index contributed by atoms with van der Waals surface area (Å²) in [7, 11) is 0. The molecule has 1 fully saturated rings. The van der Waals surface area contributed by atoms with Gasteiger partial charge in [-0.25, -0.2) is 0 Å². The van der Waals surface area contributed by atoms with Gasteiger partial charge in [-0.15, -0.1) is 11.8 Å². The molecule has 1 aliphatic heterocycles. The monoisotopic (exact) mass is 327 g/mol. The Kier molecular flexibility index (Phi) is 5.13. The highest BCUT2D eigenvalue weighted by Crippen LogP contribution is 2.27. The van der Waals surface area contributed by atoms with Crippen LogP contribution in [0.5, 0.6) is 0 Å². The van der Waals surface area contributed by atoms with E-state index in [1.807, 2.05) is 16.7 Å². The summed E-state index contributed by atoms with van der Waals surface area (Å²) in [5, 5.41) is 0. The van der Waals surface area contributed by atoms with Gasteiger partial charge in [0.05, 0.1) is 0 Å². The lowest BCUT2D eigenvalue weighted by atomic mass is 9.99. The molecular formula is C14H18BrNOS. The quantitative estimate of drug-likeness (QED) is 0.787. The van der Waals surface area contributed by atoms with E-state index in [1.54, 1.807) is 6.92 Å². The normalized spacial score (nSPS) is 16.9. The Hall–Kier alpha value is -0.480. The smallest absolute Gasteiger partial charge is 0.219 e. The second-order valence-electron chi connectivity index (χ2n) is 4.71. The van der Waals surface area contributed by atoms with Gasteiger partial charge in [-0.1, -0.05) is 15.9 Å². The summed E-state index contributed by atoms with van der Waals surface area (Å²) in [4.78, 5) is 14.5. The van der Waals surface area contributed by atoms with E-state index >= 15 is 0 Å². The summed E-state index contributed by atoms with van der Waals surface area (Å²) in [6, 6.07) is 8.47. The zero-order valence-corrected chi connectivity index (χ0v) is 13.0. The fourth-order valence-corrected chi connectivity index (χ4v) is 3.51. The Balaban J connectivity index is 1.75. The third kappa shape index (κ3) is 4.02. The first-order valence-corrected chi connectivity index (χ1v) is 8.07. The molecule has 0 unspecified atom stereocenters. The van der Waals surface area contributed by atoms with Crippen LogP contribution in [0.15, 0.2) is 33.6 Å². The molecule has 2 rings (SSSR count). The van der Waals surface area contributed by atoms with Crippen molar-refractivity contribution < 1.29 is 4.79 Å². The van der Waals surface area contributed by atoms with Gasteiger partial charge in [0.2, 0.25) is 5.91 Å². The minimum Gasteiger partial charge on any atom is -0.343 e. The SMILES string of the molecule is CC(=O)N1CCC(CSc2ccc(Br)cc2)CC1. The predicted molar refractivity (Wildman–Crippen MR) is 79.8 cm³/mol. The number of hydrogen-bond donors (Lipinski definition) is 0. The molecule has 0 bridgehead atoms. The number of hydrogen-bond acceptors (Lipinski definition) is 2. The molecule has 0 radical (unpaired) electrons. The number of carbonyl (C=O) groups excluding carboxylic acids is 1. The number of benzene rings is 1. The molecule has 1 heterocycles. The molecule has 0 atom stereocenters. The number of halogens is 1. The van der Waals surface area contributed by atoms with Crippen LogP contribution in [0, 0.1) is 5.92 Å². The van der Waals surface area contributed by atoms with Crippen LogP contribution in [0.1, 0.15) is 19.8 Å². The summed E-state index contributed by atoms with van der Waals surface area (Å²) < 4.78 is 1.13. The fraction of sp³-hybridized carbons (Fsp3) is 0.500. The molecule has 1 amide bonds. The van der Waals surface area contributed by atoms with Crippen LogP contribution in [0.2, 0.25) is 0 Å². The first kappa shape index (κ1) is 13.9. The van der Waals surface area contributed by atoms with Crippen LogP contribution in [0.25, 0.3) is 0 Å². The number of rotatable bonds is 3. The van der Waals surface area contributed by atoms with Gasteiger partial charge in [-0.05, 0) is 43.0 Å². The van der Waals surface area contributed by atoms with Crippen molar-refractivity contribution in [3.8, 4) is 0 Å². The van der Waals surface area contributed by atoms with Crippen molar-refractivity contribution in [1.82, 2.24) is 4.90 Å². The molecule has 0 saturated carbocycles. The maximum absolute atomic E-state index is 11.2. The van der Waals surface area contributed by atoms with Gasteiger partial charge in [0, 0.05) is 35.1 Å². The van der Waals surface area contributed by atoms with Gasteiger partial charge >= 0.3 is 0 Å². The first-order chi connectivity index (χ1) is 8.65. The molecule has 0 spiro atoms. The van der Waals surface area contributed by atoms with Crippen LogP contribution < -0.4 is 0 Å². The third-order valence-corrected chi connectivity index (χ3v) is 5.13. The Morgan fingerprint density at radius 2 is 1.94 bits per heavy atom. The molecule has 1 aromatic rings. The van der Waals surface area contributed by atoms with Crippen molar-refractivity contribution in [2.75, 3.05) is 18.8 Å². The van der Waals surface area contributed by atoms with E-state index in [0.717, 1.165) is 42.1 Å². The molecule has 1 aromatic carbocycles. The first-order valence-electron chi connectivity index (χ1n) is 6.29. The topological polar surface area (TPSA) is 20.3 Å². The number of thioether (sulfide) groups is 1. The van der Waals surface area contributed by atoms with E-state index in [-0.39, 0.29) is 5.91 Å². The minimum absolute atomic E-state index is 0.217. The largest absolute Gasteiger partial charge is 0.343 e. The summed E-state index contributed by atoms with van der Waals surface area (Å²) in [6.45, 7) is 3.53. The number of carbonyl (C=O) groups is 1. The Morgan fingerprint density at radius 1 is 1.33 bits per heavy atom. The molecule has 0 aliphatic carbocycles. The van der Waals surface area contributed by atoms with Gasteiger partial charge in [0.25, 0.3) is 0 Å². The van der Waals surface area contributed by atoms with E-state index in [0.29, 0.717) is 0 Å². The van der Waals surface area contributed by atoms with Gasteiger partial charge in [-0.3, -0.25) is 4.79 Å². The lowest BCUT2D eigenvalue weighted by molar-refractivity contribution is -0.130. The average Bonchev–Trinajstić information content (AvgIpc) is 2.38. The van der Waals surface area contributed by atoms with Gasteiger partial charge in [0.1, 0.15) is 0 Å². The number of amides is 1. The van der Waals surface area contributed by atoms with E-state index in [1.165, 1.54) is 4.90 Å². The van der Waals surface area contributed by atoms with E-state index in [4.69, 9.17) is 0 Å². The second kappa shape index (κ2) is 6.62. The maximum Gasteiger partial charge on any atom is 0.219 e. The van der Waals surface area contributed by atoms with Gasteiger partial charge in [0.15, 0.2) is 0 Å². The van der Waals surface area contributed by atoms with Crippen molar-refractivity contribution in [2.24, 2.45) is 5.92 Å². The van der Waals surface area contributed by atoms with E-state index < -0.39 is 0 Å². The molecule has 0 N–H and O–H groups in total. The van der Waals surface area contributed by atoms with E-state index in [9.17, 15) is 4.79 Å². The Bertz CT molecular complexity index is 399. The highest BCUT2D eigenvalue weighted by atomic mass is 79.9. The van der Waals surface area contributed by atoms with Gasteiger partial charge < -0.3 is 4.90 Å². The molecule has 1 aliphatic rings. The highest BCUT2D eigenvalue weighted by Gasteiger charge is 2.20. The van der Waals surface area contributed by atoms with Crippen molar-refractivity contribution in [2.45, 2.75) is 24.7 Å². The molecule has 2 nitrogen and oxygen atoms in total. The summed E-state index contributed by atoms with van der Waals surface area (Å²) >= 11 is 5.37. The van der Waals surface area contributed by atoms with Crippen LogP contribution in [0.4, 0.5) is 0 Å². The zero-order chi connectivity index (χ0) is 13.0. The van der Waals surface area contributed by atoms with Crippen molar-refractivity contribution in [3.63, 3.8) is 0 Å². The number of piperidine rings is 1. The summed E-state index contributed by atoms with van der Waals surface area (Å²) in [5.41, 5.74) is 0. The summed E-state index contributed by atoms with van der Waals surface area (Å²) in [6.07, 6.45) is 2.28. The molecule has 1 saturated heterocycles. The van der Waals surface area contributed by atoms with Crippen LogP contribution >= 0.6 is 27.7 Å². The Labute approximate surface area is 121 Å². The fourth-order valence-electron chi connectivity index (χ4n) is 2.16. The zero-order valence-electron chi connectivity index (χ0n) is 10.6. The van der Waals surface area contributed by atoms with E-state index in [2.05, 4.69) is 40.2 Å². The average molecular weight is 328 g/mol. The molecule has 0 aromatic heterocycles. The molecule has 4 heteroatoms. The van der Waals surface area contributed by atoms with Crippen molar-refractivity contribution in [3.05, 3.63) is 28.7 Å². The van der Waals surface area contributed by atoms with Crippen LogP contribution in [0.3, 0.4) is 0 Å². The third-order valence-electron chi connectivity index (χ3n) is 3.36. The lowest BCUT2D eigenvalue weighted by Gasteiger charge is -2.31. The minimum atomic E-state index is 0.217. The highest BCUT2D eigenvalue weighted by molar-refractivity contribution is 9.10. The molecular weight excluding hydrogens is 310 g/mol. The predicted octanol–water partition coefficient (Wildman–Crippen LogP) is 3.80. The second-order valence-corrected chi connectivity index (χ2v) is 6.72. The Morgan fingerprint density at radius 3 is 2.50 bits per heavy atom. The van der Waals surface area contributed by atoms with Crippen LogP contribution in [-0.2, 0) is 4.79 Å². The molecule has 18 heavy (non-hydrogen) atoms. The molecule has 98 valence electrons.